The summed E-state index contributed by atoms with van der Waals surface area (Å²) in [6.07, 6.45) is 11.4. The second-order valence-electron chi connectivity index (χ2n) is 5.59. The molecule has 0 aliphatic rings. The summed E-state index contributed by atoms with van der Waals surface area (Å²) in [5.41, 5.74) is 0. The van der Waals surface area contributed by atoms with E-state index >= 15 is 0 Å². The molecule has 0 fully saturated rings. The molecule has 0 spiro atoms. The third kappa shape index (κ3) is 10.8. The van der Waals surface area contributed by atoms with Crippen molar-refractivity contribution in [2.24, 2.45) is 0 Å². The monoisotopic (exact) mass is 308 g/mol. The molecule has 0 aromatic heterocycles. The van der Waals surface area contributed by atoms with E-state index in [4.69, 9.17) is 5.11 Å². The Morgan fingerprint density at radius 2 is 1.30 bits per heavy atom. The molecule has 0 saturated heterocycles. The van der Waals surface area contributed by atoms with Crippen molar-refractivity contribution in [3.05, 3.63) is 0 Å². The number of aliphatic hydroxyl groups excluding tert-OH is 3. The van der Waals surface area contributed by atoms with Gasteiger partial charge in [0.05, 0.1) is 6.61 Å². The Morgan fingerprint density at radius 3 is 1.75 bits per heavy atom. The van der Waals surface area contributed by atoms with Gasteiger partial charge in [0.25, 0.3) is 0 Å². The van der Waals surface area contributed by atoms with Crippen LogP contribution in [0.1, 0.15) is 71.1 Å². The molecule has 122 valence electrons. The summed E-state index contributed by atoms with van der Waals surface area (Å²) in [5.74, 6) is -1.25. The van der Waals surface area contributed by atoms with E-state index in [1.807, 2.05) is 0 Å². The van der Waals surface area contributed by atoms with Gasteiger partial charge in [-0.2, -0.15) is 0 Å². The van der Waals surface area contributed by atoms with Crippen LogP contribution < -0.4 is 0 Å². The third-order valence-electron chi connectivity index (χ3n) is 3.66. The summed E-state index contributed by atoms with van der Waals surface area (Å²) in [6, 6.07) is 0. The lowest BCUT2D eigenvalue weighted by Gasteiger charge is -2.15. The molecular formula is C15H33O4P. The Bertz CT molecular complexity index is 236. The highest BCUT2D eigenvalue weighted by Crippen LogP contribution is 2.30. The Labute approximate surface area is 124 Å². The van der Waals surface area contributed by atoms with E-state index in [9.17, 15) is 14.8 Å². The number of unbranched alkanes of at least 4 members (excludes halogenated alkanes) is 9. The SMILES string of the molecule is CCCCCCCCCCCC[PH](=O)C(O)C(O)CO. The number of hydrogen-bond donors (Lipinski definition) is 3. The first kappa shape index (κ1) is 20.1. The van der Waals surface area contributed by atoms with Gasteiger partial charge >= 0.3 is 0 Å². The average molecular weight is 308 g/mol. The van der Waals surface area contributed by atoms with Crippen molar-refractivity contribution in [2.45, 2.75) is 83.1 Å². The highest BCUT2D eigenvalue weighted by molar-refractivity contribution is 7.45. The summed E-state index contributed by atoms with van der Waals surface area (Å²) in [6.45, 7) is 1.69. The number of aliphatic hydroxyl groups is 3. The Kier molecular flexibility index (Phi) is 14.1. The summed E-state index contributed by atoms with van der Waals surface area (Å²) in [5, 5.41) is 27.3. The first-order valence-corrected chi connectivity index (χ1v) is 9.82. The lowest BCUT2D eigenvalue weighted by atomic mass is 10.1. The van der Waals surface area contributed by atoms with Gasteiger partial charge in [-0.15, -0.1) is 0 Å². The van der Waals surface area contributed by atoms with E-state index in [0.29, 0.717) is 6.16 Å². The van der Waals surface area contributed by atoms with Gasteiger partial charge in [0.1, 0.15) is 19.8 Å². The van der Waals surface area contributed by atoms with E-state index < -0.39 is 26.4 Å². The molecule has 5 heteroatoms. The highest BCUT2D eigenvalue weighted by atomic mass is 31.1. The van der Waals surface area contributed by atoms with Gasteiger partial charge in [-0.05, 0) is 6.42 Å². The van der Waals surface area contributed by atoms with Crippen LogP contribution in [0, 0.1) is 0 Å². The van der Waals surface area contributed by atoms with Crippen molar-refractivity contribution in [3.8, 4) is 0 Å². The van der Waals surface area contributed by atoms with Crippen LogP contribution in [0.25, 0.3) is 0 Å². The van der Waals surface area contributed by atoms with Crippen LogP contribution in [0.2, 0.25) is 0 Å². The van der Waals surface area contributed by atoms with Crippen LogP contribution in [0.15, 0.2) is 0 Å². The largest absolute Gasteiger partial charge is 0.394 e. The molecule has 0 heterocycles. The van der Waals surface area contributed by atoms with Gasteiger partial charge in [-0.25, -0.2) is 0 Å². The third-order valence-corrected chi connectivity index (χ3v) is 5.55. The van der Waals surface area contributed by atoms with Crippen molar-refractivity contribution >= 4 is 7.80 Å². The summed E-state index contributed by atoms with van der Waals surface area (Å²) in [7, 11) is -2.19. The molecule has 0 amide bonds. The molecule has 0 rings (SSSR count). The van der Waals surface area contributed by atoms with Crippen molar-refractivity contribution in [1.82, 2.24) is 0 Å². The van der Waals surface area contributed by atoms with Crippen LogP contribution in [-0.2, 0) is 4.57 Å². The van der Waals surface area contributed by atoms with E-state index in [2.05, 4.69) is 6.92 Å². The normalized spacial score (nSPS) is 16.0. The van der Waals surface area contributed by atoms with Crippen molar-refractivity contribution in [2.75, 3.05) is 12.8 Å². The lowest BCUT2D eigenvalue weighted by Crippen LogP contribution is -2.26. The van der Waals surface area contributed by atoms with Crippen molar-refractivity contribution < 1.29 is 19.9 Å². The number of hydrogen-bond acceptors (Lipinski definition) is 4. The minimum atomic E-state index is -2.19. The van der Waals surface area contributed by atoms with Gasteiger partial charge < -0.3 is 19.9 Å². The second kappa shape index (κ2) is 14.1. The van der Waals surface area contributed by atoms with E-state index in [1.165, 1.54) is 44.9 Å². The van der Waals surface area contributed by atoms with Gasteiger partial charge in [-0.3, -0.25) is 0 Å². The fraction of sp³-hybridized carbons (Fsp3) is 1.00. The van der Waals surface area contributed by atoms with Gasteiger partial charge in [-0.1, -0.05) is 64.7 Å². The maximum Gasteiger partial charge on any atom is 0.132 e. The maximum absolute atomic E-state index is 11.6. The molecule has 3 unspecified atom stereocenters. The molecule has 0 saturated carbocycles. The van der Waals surface area contributed by atoms with Crippen LogP contribution in [0.4, 0.5) is 0 Å². The van der Waals surface area contributed by atoms with Gasteiger partial charge in [0, 0.05) is 6.16 Å². The zero-order valence-corrected chi connectivity index (χ0v) is 13.9. The maximum atomic E-state index is 11.6. The Hall–Kier alpha value is 0.110. The molecular weight excluding hydrogens is 275 g/mol. The first-order valence-electron chi connectivity index (χ1n) is 8.13. The zero-order chi connectivity index (χ0) is 15.2. The fourth-order valence-electron chi connectivity index (χ4n) is 2.25. The molecule has 0 radical (unpaired) electrons. The molecule has 0 aromatic rings. The Morgan fingerprint density at radius 1 is 0.850 bits per heavy atom. The quantitative estimate of drug-likeness (QED) is 0.340. The lowest BCUT2D eigenvalue weighted by molar-refractivity contribution is 0.0245. The van der Waals surface area contributed by atoms with Crippen molar-refractivity contribution in [1.29, 1.82) is 0 Å². The number of rotatable bonds is 14. The zero-order valence-electron chi connectivity index (χ0n) is 12.9. The van der Waals surface area contributed by atoms with Crippen LogP contribution >= 0.6 is 7.80 Å². The highest BCUT2D eigenvalue weighted by Gasteiger charge is 2.20. The van der Waals surface area contributed by atoms with E-state index in [1.54, 1.807) is 0 Å². The Balaban J connectivity index is 3.33. The molecule has 4 nitrogen and oxygen atoms in total. The molecule has 0 aliphatic carbocycles. The van der Waals surface area contributed by atoms with Crippen LogP contribution in [-0.4, -0.2) is 40.0 Å². The van der Waals surface area contributed by atoms with E-state index in [0.717, 1.165) is 19.3 Å². The smallest absolute Gasteiger partial charge is 0.132 e. The van der Waals surface area contributed by atoms with Crippen LogP contribution in [0.3, 0.4) is 0 Å². The standard InChI is InChI=1S/C15H33O4P/c1-2-3-4-5-6-7-8-9-10-11-12-20(19)15(18)14(17)13-16/h14-18,20H,2-13H2,1H3. The van der Waals surface area contributed by atoms with Crippen LogP contribution in [0.5, 0.6) is 0 Å². The topological polar surface area (TPSA) is 77.8 Å². The minimum absolute atomic E-state index is 0.472. The molecule has 3 N–H and O–H groups in total. The van der Waals surface area contributed by atoms with E-state index in [-0.39, 0.29) is 0 Å². The molecule has 20 heavy (non-hydrogen) atoms. The fourth-order valence-corrected chi connectivity index (χ4v) is 3.68. The van der Waals surface area contributed by atoms with Crippen molar-refractivity contribution in [3.63, 3.8) is 0 Å². The molecule has 0 aliphatic heterocycles. The summed E-state index contributed by atoms with van der Waals surface area (Å²) in [4.78, 5) is 0. The van der Waals surface area contributed by atoms with Gasteiger partial charge in [0.15, 0.2) is 0 Å². The average Bonchev–Trinajstić information content (AvgIpc) is 2.47. The predicted molar refractivity (Wildman–Crippen MR) is 84.8 cm³/mol. The van der Waals surface area contributed by atoms with Gasteiger partial charge in [0.2, 0.25) is 0 Å². The molecule has 0 aromatic carbocycles. The minimum Gasteiger partial charge on any atom is -0.394 e. The molecule has 0 bridgehead atoms. The summed E-state index contributed by atoms with van der Waals surface area (Å²) < 4.78 is 11.6. The summed E-state index contributed by atoms with van der Waals surface area (Å²) >= 11 is 0. The first-order chi connectivity index (χ1) is 9.63. The predicted octanol–water partition coefficient (Wildman–Crippen LogP) is 3.14. The second-order valence-corrected chi connectivity index (χ2v) is 7.62. The molecule has 3 atom stereocenters.